The fraction of sp³-hybridized carbons (Fsp3) is 0.462. The second-order valence-electron chi connectivity index (χ2n) is 5.25. The van der Waals surface area contributed by atoms with Crippen molar-refractivity contribution in [1.82, 2.24) is 9.97 Å². The Hall–Kier alpha value is -1.82. The number of fused-ring (bicyclic) bond motifs is 1. The molecule has 3 rings (SSSR count). The fourth-order valence-corrected chi connectivity index (χ4v) is 2.73. The molecule has 2 atom stereocenters. The van der Waals surface area contributed by atoms with Crippen molar-refractivity contribution in [3.05, 3.63) is 28.3 Å². The molecule has 0 bridgehead atoms. The zero-order valence-electron chi connectivity index (χ0n) is 11.0. The second-order valence-corrected chi connectivity index (χ2v) is 5.81. The molecule has 1 fully saturated rings. The quantitative estimate of drug-likeness (QED) is 0.525. The lowest BCUT2D eigenvalue weighted by Crippen LogP contribution is -2.40. The van der Waals surface area contributed by atoms with Gasteiger partial charge in [0.2, 0.25) is 5.95 Å². The zero-order chi connectivity index (χ0) is 14.3. The lowest BCUT2D eigenvalue weighted by Gasteiger charge is -2.33. The number of non-ortho nitro benzene ring substituents is 1. The first-order chi connectivity index (χ1) is 9.54. The first-order valence-corrected chi connectivity index (χ1v) is 7.01. The van der Waals surface area contributed by atoms with Crippen LogP contribution in [0.25, 0.3) is 11.0 Å². The van der Waals surface area contributed by atoms with E-state index in [1.807, 2.05) is 0 Å². The van der Waals surface area contributed by atoms with Crippen LogP contribution >= 0.6 is 11.6 Å². The van der Waals surface area contributed by atoms with Crippen LogP contribution in [0.4, 0.5) is 11.6 Å². The SMILES string of the molecule is CC1CN(c2nc3ccc([N+](=O)[O-])cc3[nH]2)CCC1Cl. The van der Waals surface area contributed by atoms with Gasteiger partial charge in [-0.1, -0.05) is 6.92 Å². The number of nitro groups is 1. The van der Waals surface area contributed by atoms with Crippen LogP contribution in [0.5, 0.6) is 0 Å². The van der Waals surface area contributed by atoms with Crippen LogP contribution in [0.15, 0.2) is 18.2 Å². The Balaban J connectivity index is 1.91. The van der Waals surface area contributed by atoms with Gasteiger partial charge in [-0.15, -0.1) is 11.6 Å². The fourth-order valence-electron chi connectivity index (χ4n) is 2.56. The lowest BCUT2D eigenvalue weighted by atomic mass is 10.00. The maximum absolute atomic E-state index is 10.8. The summed E-state index contributed by atoms with van der Waals surface area (Å²) in [6, 6.07) is 4.66. The van der Waals surface area contributed by atoms with E-state index in [-0.39, 0.29) is 11.1 Å². The molecular weight excluding hydrogens is 280 g/mol. The smallest absolute Gasteiger partial charge is 0.271 e. The molecular formula is C13H15ClN4O2. The maximum Gasteiger partial charge on any atom is 0.271 e. The van der Waals surface area contributed by atoms with E-state index in [4.69, 9.17) is 11.6 Å². The summed E-state index contributed by atoms with van der Waals surface area (Å²) in [5.41, 5.74) is 1.50. The van der Waals surface area contributed by atoms with Crippen molar-refractivity contribution in [2.24, 2.45) is 5.92 Å². The summed E-state index contributed by atoms with van der Waals surface area (Å²) in [5, 5.41) is 11.0. The Morgan fingerprint density at radius 1 is 1.55 bits per heavy atom. The summed E-state index contributed by atoms with van der Waals surface area (Å²) in [4.78, 5) is 20.2. The first-order valence-electron chi connectivity index (χ1n) is 6.58. The summed E-state index contributed by atoms with van der Waals surface area (Å²) in [6.45, 7) is 3.81. The third kappa shape index (κ3) is 2.31. The molecule has 1 aliphatic rings. The molecule has 0 spiro atoms. The molecule has 0 aliphatic carbocycles. The predicted molar refractivity (Wildman–Crippen MR) is 78.4 cm³/mol. The summed E-state index contributed by atoms with van der Waals surface area (Å²) < 4.78 is 0. The largest absolute Gasteiger partial charge is 0.342 e. The Bertz CT molecular complexity index is 657. The number of halogens is 1. The predicted octanol–water partition coefficient (Wildman–Crippen LogP) is 2.92. The highest BCUT2D eigenvalue weighted by Gasteiger charge is 2.26. The summed E-state index contributed by atoms with van der Waals surface area (Å²) >= 11 is 6.22. The third-order valence-electron chi connectivity index (χ3n) is 3.76. The van der Waals surface area contributed by atoms with Crippen LogP contribution in [0.3, 0.4) is 0 Å². The van der Waals surface area contributed by atoms with Gasteiger partial charge in [-0.3, -0.25) is 10.1 Å². The van der Waals surface area contributed by atoms with E-state index in [0.717, 1.165) is 31.0 Å². The van der Waals surface area contributed by atoms with Crippen molar-refractivity contribution in [1.29, 1.82) is 0 Å². The topological polar surface area (TPSA) is 75.1 Å². The van der Waals surface area contributed by atoms with Crippen molar-refractivity contribution in [3.8, 4) is 0 Å². The number of nitrogens with zero attached hydrogens (tertiary/aromatic N) is 3. The molecule has 2 unspecified atom stereocenters. The standard InChI is InChI=1S/C13H15ClN4O2/c1-8-7-17(5-4-10(8)14)13-15-11-3-2-9(18(19)20)6-12(11)16-13/h2-3,6,8,10H,4-5,7H2,1H3,(H,15,16). The van der Waals surface area contributed by atoms with Crippen LogP contribution in [0.1, 0.15) is 13.3 Å². The Kier molecular flexibility index (Phi) is 3.25. The van der Waals surface area contributed by atoms with E-state index in [1.54, 1.807) is 6.07 Å². The second kappa shape index (κ2) is 4.94. The molecule has 0 saturated carbocycles. The van der Waals surface area contributed by atoms with E-state index < -0.39 is 4.92 Å². The number of H-pyrrole nitrogens is 1. The van der Waals surface area contributed by atoms with Gasteiger partial charge in [0.05, 0.1) is 16.0 Å². The molecule has 1 saturated heterocycles. The van der Waals surface area contributed by atoms with Gasteiger partial charge in [0.1, 0.15) is 0 Å². The highest BCUT2D eigenvalue weighted by atomic mass is 35.5. The molecule has 106 valence electrons. The molecule has 1 N–H and O–H groups in total. The highest BCUT2D eigenvalue weighted by Crippen LogP contribution is 2.27. The van der Waals surface area contributed by atoms with Gasteiger partial charge < -0.3 is 9.88 Å². The minimum Gasteiger partial charge on any atom is -0.342 e. The van der Waals surface area contributed by atoms with Crippen molar-refractivity contribution >= 4 is 34.3 Å². The Labute approximate surface area is 120 Å². The monoisotopic (exact) mass is 294 g/mol. The molecule has 0 amide bonds. The minimum absolute atomic E-state index is 0.0699. The van der Waals surface area contributed by atoms with Gasteiger partial charge in [0.25, 0.3) is 5.69 Å². The Morgan fingerprint density at radius 2 is 2.35 bits per heavy atom. The van der Waals surface area contributed by atoms with Gasteiger partial charge in [-0.05, 0) is 18.4 Å². The van der Waals surface area contributed by atoms with Gasteiger partial charge in [-0.25, -0.2) is 4.98 Å². The zero-order valence-corrected chi connectivity index (χ0v) is 11.8. The number of aromatic nitrogens is 2. The highest BCUT2D eigenvalue weighted by molar-refractivity contribution is 6.20. The molecule has 2 heterocycles. The van der Waals surface area contributed by atoms with E-state index in [0.29, 0.717) is 11.4 Å². The average Bonchev–Trinajstić information content (AvgIpc) is 2.84. The average molecular weight is 295 g/mol. The molecule has 7 heteroatoms. The molecule has 20 heavy (non-hydrogen) atoms. The third-order valence-corrected chi connectivity index (χ3v) is 4.41. The number of aromatic amines is 1. The molecule has 1 aromatic carbocycles. The summed E-state index contributed by atoms with van der Waals surface area (Å²) in [7, 11) is 0. The number of nitro benzene ring substituents is 1. The van der Waals surface area contributed by atoms with Crippen LogP contribution < -0.4 is 4.90 Å². The van der Waals surface area contributed by atoms with Crippen LogP contribution in [-0.2, 0) is 0 Å². The molecule has 0 radical (unpaired) electrons. The molecule has 6 nitrogen and oxygen atoms in total. The maximum atomic E-state index is 10.8. The summed E-state index contributed by atoms with van der Waals surface area (Å²) in [6.07, 6.45) is 0.917. The van der Waals surface area contributed by atoms with E-state index in [2.05, 4.69) is 21.8 Å². The van der Waals surface area contributed by atoms with Crippen LogP contribution in [0, 0.1) is 16.0 Å². The van der Waals surface area contributed by atoms with Crippen LogP contribution in [-0.4, -0.2) is 33.4 Å². The number of rotatable bonds is 2. The van der Waals surface area contributed by atoms with Gasteiger partial charge in [0, 0.05) is 30.6 Å². The molecule has 1 aromatic heterocycles. The van der Waals surface area contributed by atoms with E-state index in [9.17, 15) is 10.1 Å². The number of anilines is 1. The number of alkyl halides is 1. The number of hydrogen-bond acceptors (Lipinski definition) is 4. The molecule has 2 aromatic rings. The lowest BCUT2D eigenvalue weighted by molar-refractivity contribution is -0.384. The minimum atomic E-state index is -0.402. The number of benzene rings is 1. The number of hydrogen-bond donors (Lipinski definition) is 1. The van der Waals surface area contributed by atoms with Crippen molar-refractivity contribution in [3.63, 3.8) is 0 Å². The molecule has 1 aliphatic heterocycles. The first kappa shape index (κ1) is 13.2. The number of nitrogens with one attached hydrogen (secondary N) is 1. The van der Waals surface area contributed by atoms with E-state index in [1.165, 1.54) is 12.1 Å². The van der Waals surface area contributed by atoms with E-state index >= 15 is 0 Å². The summed E-state index contributed by atoms with van der Waals surface area (Å²) in [5.74, 6) is 1.16. The van der Waals surface area contributed by atoms with Crippen molar-refractivity contribution in [2.75, 3.05) is 18.0 Å². The van der Waals surface area contributed by atoms with Gasteiger partial charge in [0.15, 0.2) is 0 Å². The van der Waals surface area contributed by atoms with Crippen molar-refractivity contribution in [2.45, 2.75) is 18.7 Å². The Morgan fingerprint density at radius 3 is 3.05 bits per heavy atom. The van der Waals surface area contributed by atoms with Gasteiger partial charge >= 0.3 is 0 Å². The van der Waals surface area contributed by atoms with Crippen molar-refractivity contribution < 1.29 is 4.92 Å². The number of imidazole rings is 1. The normalized spacial score (nSPS) is 23.2. The van der Waals surface area contributed by atoms with Gasteiger partial charge in [-0.2, -0.15) is 0 Å². The number of piperidine rings is 1. The van der Waals surface area contributed by atoms with Crippen LogP contribution in [0.2, 0.25) is 0 Å².